The van der Waals surface area contributed by atoms with Crippen LogP contribution in [0.5, 0.6) is 0 Å². The van der Waals surface area contributed by atoms with Crippen molar-refractivity contribution >= 4 is 0 Å². The van der Waals surface area contributed by atoms with Crippen molar-refractivity contribution in [3.8, 4) is 0 Å². The highest BCUT2D eigenvalue weighted by molar-refractivity contribution is 5.01. The third kappa shape index (κ3) is 2.46. The van der Waals surface area contributed by atoms with Crippen LogP contribution in [-0.4, -0.2) is 16.3 Å². The van der Waals surface area contributed by atoms with E-state index in [0.717, 1.165) is 13.0 Å². The Morgan fingerprint density at radius 2 is 2.12 bits per heavy atom. The molecule has 2 N–H and O–H groups in total. The lowest BCUT2D eigenvalue weighted by molar-refractivity contribution is 0.181. The molecule has 0 aliphatic heterocycles. The van der Waals surface area contributed by atoms with Gasteiger partial charge < -0.3 is 5.73 Å². The summed E-state index contributed by atoms with van der Waals surface area (Å²) >= 11 is 0. The van der Waals surface area contributed by atoms with E-state index in [1.807, 2.05) is 17.9 Å². The average Bonchev–Trinajstić information content (AvgIpc) is 2.74. The number of nitrogens with zero attached hydrogens (tertiary/aromatic N) is 2. The second-order valence-corrected chi connectivity index (χ2v) is 5.21. The molecule has 0 spiro atoms. The fourth-order valence-electron chi connectivity index (χ4n) is 2.90. The molecule has 3 nitrogen and oxygen atoms in total. The zero-order chi connectivity index (χ0) is 11.4. The molecule has 1 aliphatic carbocycles. The predicted octanol–water partition coefficient (Wildman–Crippen LogP) is 2.26. The van der Waals surface area contributed by atoms with Crippen molar-refractivity contribution in [2.45, 2.75) is 44.9 Å². The Hall–Kier alpha value is -0.830. The van der Waals surface area contributed by atoms with E-state index in [0.29, 0.717) is 5.41 Å². The Labute approximate surface area is 98.0 Å². The van der Waals surface area contributed by atoms with Crippen molar-refractivity contribution in [3.63, 3.8) is 0 Å². The van der Waals surface area contributed by atoms with Gasteiger partial charge in [-0.15, -0.1) is 0 Å². The van der Waals surface area contributed by atoms with Crippen LogP contribution >= 0.6 is 0 Å². The van der Waals surface area contributed by atoms with Gasteiger partial charge in [0.05, 0.1) is 0 Å². The second-order valence-electron chi connectivity index (χ2n) is 5.21. The molecule has 3 heteroatoms. The molecule has 0 unspecified atom stereocenters. The van der Waals surface area contributed by atoms with Crippen LogP contribution in [0.25, 0.3) is 0 Å². The third-order valence-electron chi connectivity index (χ3n) is 4.18. The first-order chi connectivity index (χ1) is 7.76. The predicted molar refractivity (Wildman–Crippen MR) is 66.1 cm³/mol. The Morgan fingerprint density at radius 1 is 1.38 bits per heavy atom. The van der Waals surface area contributed by atoms with Crippen molar-refractivity contribution in [3.05, 3.63) is 18.0 Å². The molecule has 2 rings (SSSR count). The first-order valence-electron chi connectivity index (χ1n) is 6.43. The van der Waals surface area contributed by atoms with Gasteiger partial charge in [0.15, 0.2) is 0 Å². The zero-order valence-electron chi connectivity index (χ0n) is 10.3. The van der Waals surface area contributed by atoms with E-state index in [4.69, 9.17) is 5.73 Å². The molecule has 0 radical (unpaired) electrons. The van der Waals surface area contributed by atoms with Crippen LogP contribution < -0.4 is 5.73 Å². The maximum absolute atomic E-state index is 5.99. The fourth-order valence-corrected chi connectivity index (χ4v) is 2.90. The van der Waals surface area contributed by atoms with Crippen molar-refractivity contribution in [2.75, 3.05) is 6.54 Å². The molecular weight excluding hydrogens is 198 g/mol. The highest BCUT2D eigenvalue weighted by Crippen LogP contribution is 2.39. The molecule has 1 aliphatic rings. The highest BCUT2D eigenvalue weighted by Gasteiger charge is 2.30. The summed E-state index contributed by atoms with van der Waals surface area (Å²) in [5.41, 5.74) is 7.74. The van der Waals surface area contributed by atoms with Gasteiger partial charge in [0.2, 0.25) is 0 Å². The van der Waals surface area contributed by atoms with Crippen LogP contribution in [0.3, 0.4) is 0 Å². The number of aromatic nitrogens is 2. The molecular formula is C13H23N3. The van der Waals surface area contributed by atoms with Gasteiger partial charge in [0, 0.05) is 18.9 Å². The Kier molecular flexibility index (Phi) is 3.64. The Morgan fingerprint density at radius 3 is 2.69 bits per heavy atom. The summed E-state index contributed by atoms with van der Waals surface area (Å²) in [6.07, 6.45) is 11.0. The molecule has 0 bridgehead atoms. The number of nitrogens with two attached hydrogens (primary N) is 1. The van der Waals surface area contributed by atoms with Gasteiger partial charge in [-0.05, 0) is 43.7 Å². The molecule has 1 saturated carbocycles. The van der Waals surface area contributed by atoms with Gasteiger partial charge in [-0.25, -0.2) is 0 Å². The summed E-state index contributed by atoms with van der Waals surface area (Å²) in [4.78, 5) is 0. The zero-order valence-corrected chi connectivity index (χ0v) is 10.3. The first-order valence-corrected chi connectivity index (χ1v) is 6.43. The monoisotopic (exact) mass is 221 g/mol. The highest BCUT2D eigenvalue weighted by atomic mass is 15.2. The van der Waals surface area contributed by atoms with Gasteiger partial charge in [-0.1, -0.05) is 19.3 Å². The minimum Gasteiger partial charge on any atom is -0.330 e. The molecule has 1 aromatic heterocycles. The minimum atomic E-state index is 0.419. The van der Waals surface area contributed by atoms with Gasteiger partial charge >= 0.3 is 0 Å². The number of rotatable bonds is 4. The van der Waals surface area contributed by atoms with Crippen molar-refractivity contribution < 1.29 is 0 Å². The normalized spacial score (nSPS) is 19.9. The molecule has 1 heterocycles. The van der Waals surface area contributed by atoms with Gasteiger partial charge in [0.25, 0.3) is 0 Å². The summed E-state index contributed by atoms with van der Waals surface area (Å²) in [7, 11) is 2.02. The van der Waals surface area contributed by atoms with Gasteiger partial charge in [-0.3, -0.25) is 4.68 Å². The van der Waals surface area contributed by atoms with Crippen LogP contribution in [-0.2, 0) is 13.5 Å². The average molecular weight is 221 g/mol. The molecule has 0 atom stereocenters. The topological polar surface area (TPSA) is 43.8 Å². The smallest absolute Gasteiger partial charge is 0.0492 e. The van der Waals surface area contributed by atoms with Crippen LogP contribution in [0.2, 0.25) is 0 Å². The third-order valence-corrected chi connectivity index (χ3v) is 4.18. The first kappa shape index (κ1) is 11.6. The summed E-state index contributed by atoms with van der Waals surface area (Å²) in [6.45, 7) is 0.852. The lowest BCUT2D eigenvalue weighted by Crippen LogP contribution is -2.33. The molecule has 0 amide bonds. The van der Waals surface area contributed by atoms with Crippen LogP contribution in [0.15, 0.2) is 12.3 Å². The molecule has 0 saturated heterocycles. The van der Waals surface area contributed by atoms with Crippen molar-refractivity contribution in [1.29, 1.82) is 0 Å². The Balaban J connectivity index is 1.94. The summed E-state index contributed by atoms with van der Waals surface area (Å²) < 4.78 is 1.98. The van der Waals surface area contributed by atoms with Gasteiger partial charge in [-0.2, -0.15) is 5.10 Å². The SMILES string of the molecule is Cn1nccc1CCC1(CN)CCCCC1. The lowest BCUT2D eigenvalue weighted by Gasteiger charge is -2.36. The molecule has 0 aromatic carbocycles. The van der Waals surface area contributed by atoms with Gasteiger partial charge in [0.1, 0.15) is 0 Å². The van der Waals surface area contributed by atoms with E-state index in [1.165, 1.54) is 44.2 Å². The lowest BCUT2D eigenvalue weighted by atomic mass is 9.71. The molecule has 90 valence electrons. The van der Waals surface area contributed by atoms with E-state index in [-0.39, 0.29) is 0 Å². The Bertz CT molecular complexity index is 324. The fraction of sp³-hybridized carbons (Fsp3) is 0.769. The van der Waals surface area contributed by atoms with E-state index in [1.54, 1.807) is 0 Å². The molecule has 1 aromatic rings. The van der Waals surface area contributed by atoms with Crippen molar-refractivity contribution in [2.24, 2.45) is 18.2 Å². The summed E-state index contributed by atoms with van der Waals surface area (Å²) in [5.74, 6) is 0. The summed E-state index contributed by atoms with van der Waals surface area (Å²) in [6, 6.07) is 2.12. The second kappa shape index (κ2) is 5.00. The maximum Gasteiger partial charge on any atom is 0.0492 e. The van der Waals surface area contributed by atoms with E-state index in [2.05, 4.69) is 11.2 Å². The van der Waals surface area contributed by atoms with E-state index in [9.17, 15) is 0 Å². The quantitative estimate of drug-likeness (QED) is 0.847. The molecule has 1 fully saturated rings. The van der Waals surface area contributed by atoms with Crippen molar-refractivity contribution in [1.82, 2.24) is 9.78 Å². The summed E-state index contributed by atoms with van der Waals surface area (Å²) in [5, 5.41) is 4.21. The van der Waals surface area contributed by atoms with E-state index >= 15 is 0 Å². The largest absolute Gasteiger partial charge is 0.330 e. The van der Waals surface area contributed by atoms with Crippen LogP contribution in [0, 0.1) is 5.41 Å². The number of hydrogen-bond donors (Lipinski definition) is 1. The van der Waals surface area contributed by atoms with Crippen LogP contribution in [0.4, 0.5) is 0 Å². The number of hydrogen-bond acceptors (Lipinski definition) is 2. The number of aryl methyl sites for hydroxylation is 2. The maximum atomic E-state index is 5.99. The van der Waals surface area contributed by atoms with Crippen LogP contribution in [0.1, 0.15) is 44.2 Å². The minimum absolute atomic E-state index is 0.419. The van der Waals surface area contributed by atoms with E-state index < -0.39 is 0 Å². The molecule has 16 heavy (non-hydrogen) atoms. The standard InChI is InChI=1S/C13H23N3/c1-16-12(6-10-15-16)5-9-13(11-14)7-3-2-4-8-13/h6,10H,2-5,7-9,11,14H2,1H3.